The lowest BCUT2D eigenvalue weighted by molar-refractivity contribution is -0.150. The molecule has 0 aliphatic carbocycles. The predicted molar refractivity (Wildman–Crippen MR) is 73.1 cm³/mol. The Bertz CT molecular complexity index is 457. The van der Waals surface area contributed by atoms with Gasteiger partial charge in [0.05, 0.1) is 0 Å². The molecule has 0 saturated carbocycles. The van der Waals surface area contributed by atoms with Crippen LogP contribution in [0, 0.1) is 0 Å². The van der Waals surface area contributed by atoms with Crippen molar-refractivity contribution in [1.82, 2.24) is 4.90 Å². The maximum atomic E-state index is 11.6. The number of aromatic hydroxyl groups is 1. The molecule has 2 unspecified atom stereocenters. The van der Waals surface area contributed by atoms with Crippen LogP contribution in [-0.2, 0) is 4.79 Å². The smallest absolute Gasteiger partial charge is 0.323 e. The number of carboxylic acids is 1. The van der Waals surface area contributed by atoms with E-state index in [1.165, 1.54) is 0 Å². The first-order valence-electron chi connectivity index (χ1n) is 6.78. The maximum absolute atomic E-state index is 11.6. The summed E-state index contributed by atoms with van der Waals surface area (Å²) < 4.78 is 0. The highest BCUT2D eigenvalue weighted by molar-refractivity contribution is 5.78. The van der Waals surface area contributed by atoms with E-state index in [9.17, 15) is 15.0 Å². The van der Waals surface area contributed by atoms with E-state index in [1.807, 2.05) is 19.1 Å². The van der Waals surface area contributed by atoms with Gasteiger partial charge in [0.1, 0.15) is 11.3 Å². The zero-order valence-electron chi connectivity index (χ0n) is 11.5. The van der Waals surface area contributed by atoms with Gasteiger partial charge >= 0.3 is 5.97 Å². The molecule has 0 bridgehead atoms. The molecule has 0 radical (unpaired) electrons. The number of likely N-dealkylation sites (tertiary alicyclic amines) is 1. The molecule has 1 heterocycles. The fourth-order valence-corrected chi connectivity index (χ4v) is 3.05. The summed E-state index contributed by atoms with van der Waals surface area (Å²) >= 11 is 0. The zero-order chi connectivity index (χ0) is 14.0. The molecule has 104 valence electrons. The van der Waals surface area contributed by atoms with Gasteiger partial charge in [0, 0.05) is 6.04 Å². The molecule has 0 aromatic heterocycles. The molecule has 0 spiro atoms. The highest BCUT2D eigenvalue weighted by Crippen LogP contribution is 2.38. The molecule has 4 heteroatoms. The lowest BCUT2D eigenvalue weighted by atomic mass is 9.94. The number of carboxylic acid groups (broad SMARTS) is 1. The largest absolute Gasteiger partial charge is 0.508 e. The van der Waals surface area contributed by atoms with Crippen LogP contribution < -0.4 is 0 Å². The number of aliphatic carboxylic acids is 1. The van der Waals surface area contributed by atoms with Crippen molar-refractivity contribution in [3.8, 4) is 5.75 Å². The van der Waals surface area contributed by atoms with E-state index in [-0.39, 0.29) is 11.8 Å². The standard InChI is InChI=1S/C15H21NO3/c1-3-13(11-5-7-12(17)8-6-11)16-10-4-9-15(16,2)14(18)19/h5-8,13,17H,3-4,9-10H2,1-2H3,(H,18,19). The molecular formula is C15H21NO3. The molecule has 1 aromatic carbocycles. The van der Waals surface area contributed by atoms with E-state index < -0.39 is 11.5 Å². The minimum atomic E-state index is -0.779. The Morgan fingerprint density at radius 2 is 2.05 bits per heavy atom. The molecule has 2 N–H and O–H groups in total. The highest BCUT2D eigenvalue weighted by atomic mass is 16.4. The highest BCUT2D eigenvalue weighted by Gasteiger charge is 2.46. The van der Waals surface area contributed by atoms with Gasteiger partial charge in [0.15, 0.2) is 0 Å². The van der Waals surface area contributed by atoms with E-state index in [0.29, 0.717) is 6.42 Å². The molecule has 0 amide bonds. The number of benzene rings is 1. The Morgan fingerprint density at radius 1 is 1.42 bits per heavy atom. The number of hydrogen-bond donors (Lipinski definition) is 2. The van der Waals surface area contributed by atoms with Crippen LogP contribution in [0.1, 0.15) is 44.7 Å². The van der Waals surface area contributed by atoms with Crippen molar-refractivity contribution in [2.45, 2.75) is 44.7 Å². The van der Waals surface area contributed by atoms with E-state index in [4.69, 9.17) is 0 Å². The van der Waals surface area contributed by atoms with E-state index >= 15 is 0 Å². The van der Waals surface area contributed by atoms with Crippen LogP contribution in [-0.4, -0.2) is 33.2 Å². The van der Waals surface area contributed by atoms with Gasteiger partial charge in [-0.2, -0.15) is 0 Å². The summed E-state index contributed by atoms with van der Waals surface area (Å²) in [4.78, 5) is 13.6. The van der Waals surface area contributed by atoms with Gasteiger partial charge in [0.25, 0.3) is 0 Å². The van der Waals surface area contributed by atoms with Crippen LogP contribution >= 0.6 is 0 Å². The van der Waals surface area contributed by atoms with Crippen molar-refractivity contribution in [3.05, 3.63) is 29.8 Å². The maximum Gasteiger partial charge on any atom is 0.323 e. The van der Waals surface area contributed by atoms with E-state index in [2.05, 4.69) is 11.8 Å². The summed E-state index contributed by atoms with van der Waals surface area (Å²) in [6.07, 6.45) is 2.46. The van der Waals surface area contributed by atoms with Crippen LogP contribution in [0.4, 0.5) is 0 Å². The van der Waals surface area contributed by atoms with Gasteiger partial charge in [-0.05, 0) is 50.4 Å². The second kappa shape index (κ2) is 5.21. The van der Waals surface area contributed by atoms with Crippen molar-refractivity contribution in [1.29, 1.82) is 0 Å². The van der Waals surface area contributed by atoms with Crippen molar-refractivity contribution in [3.63, 3.8) is 0 Å². The molecule has 1 saturated heterocycles. The molecule has 2 rings (SSSR count). The predicted octanol–water partition coefficient (Wildman–Crippen LogP) is 2.78. The van der Waals surface area contributed by atoms with Gasteiger partial charge in [-0.1, -0.05) is 19.1 Å². The summed E-state index contributed by atoms with van der Waals surface area (Å²) in [5.41, 5.74) is 0.285. The molecule has 1 aromatic rings. The molecular weight excluding hydrogens is 242 g/mol. The first kappa shape index (κ1) is 13.9. The number of hydrogen-bond acceptors (Lipinski definition) is 3. The van der Waals surface area contributed by atoms with E-state index in [1.54, 1.807) is 12.1 Å². The third kappa shape index (κ3) is 2.45. The molecule has 1 fully saturated rings. The Kier molecular flexibility index (Phi) is 3.80. The van der Waals surface area contributed by atoms with Crippen LogP contribution in [0.5, 0.6) is 5.75 Å². The van der Waals surface area contributed by atoms with Crippen LogP contribution in [0.25, 0.3) is 0 Å². The summed E-state index contributed by atoms with van der Waals surface area (Å²) in [5.74, 6) is -0.511. The minimum absolute atomic E-state index is 0.0872. The van der Waals surface area contributed by atoms with Gasteiger partial charge in [-0.3, -0.25) is 9.69 Å². The topological polar surface area (TPSA) is 60.8 Å². The number of rotatable bonds is 4. The second-order valence-corrected chi connectivity index (χ2v) is 5.39. The van der Waals surface area contributed by atoms with Crippen molar-refractivity contribution >= 4 is 5.97 Å². The Hall–Kier alpha value is -1.55. The molecule has 4 nitrogen and oxygen atoms in total. The third-order valence-electron chi connectivity index (χ3n) is 4.20. The second-order valence-electron chi connectivity index (χ2n) is 5.39. The van der Waals surface area contributed by atoms with Crippen LogP contribution in [0.2, 0.25) is 0 Å². The summed E-state index contributed by atoms with van der Waals surface area (Å²) in [6.45, 7) is 4.69. The lowest BCUT2D eigenvalue weighted by Crippen LogP contribution is -2.49. The van der Waals surface area contributed by atoms with Gasteiger partial charge in [0.2, 0.25) is 0 Å². The normalized spacial score (nSPS) is 25.4. The van der Waals surface area contributed by atoms with Crippen LogP contribution in [0.15, 0.2) is 24.3 Å². The first-order valence-corrected chi connectivity index (χ1v) is 6.78. The summed E-state index contributed by atoms with van der Waals surface area (Å²) in [7, 11) is 0. The first-order chi connectivity index (χ1) is 8.99. The molecule has 1 aliphatic rings. The Morgan fingerprint density at radius 3 is 2.58 bits per heavy atom. The minimum Gasteiger partial charge on any atom is -0.508 e. The van der Waals surface area contributed by atoms with E-state index in [0.717, 1.165) is 24.9 Å². The Labute approximate surface area is 113 Å². The fourth-order valence-electron chi connectivity index (χ4n) is 3.05. The van der Waals surface area contributed by atoms with Gasteiger partial charge < -0.3 is 10.2 Å². The molecule has 19 heavy (non-hydrogen) atoms. The summed E-state index contributed by atoms with van der Waals surface area (Å²) in [6, 6.07) is 7.16. The molecule has 1 aliphatic heterocycles. The SMILES string of the molecule is CCC(c1ccc(O)cc1)N1CCCC1(C)C(=O)O. The van der Waals surface area contributed by atoms with Gasteiger partial charge in [-0.15, -0.1) is 0 Å². The van der Waals surface area contributed by atoms with Crippen molar-refractivity contribution in [2.24, 2.45) is 0 Å². The summed E-state index contributed by atoms with van der Waals surface area (Å²) in [5, 5.41) is 18.9. The zero-order valence-corrected chi connectivity index (χ0v) is 11.5. The quantitative estimate of drug-likeness (QED) is 0.877. The number of carbonyl (C=O) groups is 1. The third-order valence-corrected chi connectivity index (χ3v) is 4.20. The van der Waals surface area contributed by atoms with Gasteiger partial charge in [-0.25, -0.2) is 0 Å². The number of phenols is 1. The monoisotopic (exact) mass is 263 g/mol. The van der Waals surface area contributed by atoms with Crippen LogP contribution in [0.3, 0.4) is 0 Å². The number of nitrogens with zero attached hydrogens (tertiary/aromatic N) is 1. The van der Waals surface area contributed by atoms with Crippen molar-refractivity contribution in [2.75, 3.05) is 6.54 Å². The molecule has 2 atom stereocenters. The van der Waals surface area contributed by atoms with Crippen molar-refractivity contribution < 1.29 is 15.0 Å². The Balaban J connectivity index is 2.31. The lowest BCUT2D eigenvalue weighted by Gasteiger charge is -2.37. The number of phenolic OH excluding ortho intramolecular Hbond substituents is 1. The fraction of sp³-hybridized carbons (Fsp3) is 0.533. The average molecular weight is 263 g/mol. The average Bonchev–Trinajstić information content (AvgIpc) is 2.77.